The number of aromatic nitrogens is 2. The molecule has 1 rings (SSSR count). The molecule has 1 aromatic rings. The third-order valence-corrected chi connectivity index (χ3v) is 1.22. The zero-order valence-electron chi connectivity index (χ0n) is 6.05. The van der Waals surface area contributed by atoms with Gasteiger partial charge in [0.2, 0.25) is 0 Å². The van der Waals surface area contributed by atoms with Crippen LogP contribution in [-0.2, 0) is 5.60 Å². The van der Waals surface area contributed by atoms with E-state index in [0.717, 1.165) is 0 Å². The molecule has 4 nitrogen and oxygen atoms in total. The maximum absolute atomic E-state index is 9.36. The fourth-order valence-electron chi connectivity index (χ4n) is 0.650. The van der Waals surface area contributed by atoms with Gasteiger partial charge in [-0.3, -0.25) is 5.10 Å². The Labute approximate surface area is 59.1 Å². The summed E-state index contributed by atoms with van der Waals surface area (Å²) in [6.45, 7) is 3.31. The fraction of sp³-hybridized carbons (Fsp3) is 0.500. The number of hydrogen-bond acceptors (Lipinski definition) is 3. The number of nitrogen functional groups attached to an aromatic ring is 1. The third kappa shape index (κ3) is 1.27. The summed E-state index contributed by atoms with van der Waals surface area (Å²) >= 11 is 0. The first-order valence-corrected chi connectivity index (χ1v) is 3.04. The number of rotatable bonds is 1. The Kier molecular flexibility index (Phi) is 1.40. The average molecular weight is 141 g/mol. The molecule has 0 saturated heterocycles. The number of nitrogens with one attached hydrogen (secondary N) is 1. The monoisotopic (exact) mass is 141 g/mol. The molecule has 0 amide bonds. The topological polar surface area (TPSA) is 74.9 Å². The molecule has 1 heterocycles. The molecule has 0 aliphatic carbocycles. The minimum Gasteiger partial charge on any atom is -0.384 e. The SMILES string of the molecule is CC(C)(O)c1cc(N)[nH]n1. The van der Waals surface area contributed by atoms with E-state index in [2.05, 4.69) is 10.2 Å². The lowest BCUT2D eigenvalue weighted by atomic mass is 10.1. The van der Waals surface area contributed by atoms with Gasteiger partial charge in [0, 0.05) is 6.07 Å². The van der Waals surface area contributed by atoms with Gasteiger partial charge in [-0.15, -0.1) is 0 Å². The molecule has 0 aliphatic rings. The van der Waals surface area contributed by atoms with Crippen molar-refractivity contribution in [1.82, 2.24) is 10.2 Å². The van der Waals surface area contributed by atoms with Gasteiger partial charge in [-0.25, -0.2) is 0 Å². The molecule has 0 fully saturated rings. The highest BCUT2D eigenvalue weighted by Gasteiger charge is 2.18. The van der Waals surface area contributed by atoms with Crippen LogP contribution in [0.1, 0.15) is 19.5 Å². The van der Waals surface area contributed by atoms with E-state index in [4.69, 9.17) is 5.73 Å². The van der Waals surface area contributed by atoms with E-state index in [1.165, 1.54) is 0 Å². The molecule has 0 saturated carbocycles. The van der Waals surface area contributed by atoms with Gasteiger partial charge in [0.15, 0.2) is 0 Å². The Balaban J connectivity index is 2.96. The Morgan fingerprint density at radius 2 is 2.30 bits per heavy atom. The minimum atomic E-state index is -0.909. The molecule has 0 aromatic carbocycles. The summed E-state index contributed by atoms with van der Waals surface area (Å²) in [6.07, 6.45) is 0. The molecule has 1 aromatic heterocycles. The normalized spacial score (nSPS) is 11.9. The zero-order valence-corrected chi connectivity index (χ0v) is 6.05. The lowest BCUT2D eigenvalue weighted by Gasteiger charge is -2.12. The number of anilines is 1. The van der Waals surface area contributed by atoms with Crippen molar-refractivity contribution in [2.75, 3.05) is 5.73 Å². The van der Waals surface area contributed by atoms with Gasteiger partial charge in [0.1, 0.15) is 11.4 Å². The summed E-state index contributed by atoms with van der Waals surface area (Å²) in [5, 5.41) is 15.7. The number of hydrogen-bond donors (Lipinski definition) is 3. The lowest BCUT2D eigenvalue weighted by Crippen LogP contribution is -2.15. The van der Waals surface area contributed by atoms with E-state index in [-0.39, 0.29) is 0 Å². The molecule has 0 atom stereocenters. The second kappa shape index (κ2) is 1.98. The first-order chi connectivity index (χ1) is 4.50. The summed E-state index contributed by atoms with van der Waals surface area (Å²) in [4.78, 5) is 0. The third-order valence-electron chi connectivity index (χ3n) is 1.22. The van der Waals surface area contributed by atoms with Gasteiger partial charge in [-0.05, 0) is 13.8 Å². The smallest absolute Gasteiger partial charge is 0.119 e. The van der Waals surface area contributed by atoms with Crippen molar-refractivity contribution < 1.29 is 5.11 Å². The number of nitrogens with two attached hydrogens (primary N) is 1. The molecule has 4 heteroatoms. The highest BCUT2D eigenvalue weighted by Crippen LogP contribution is 2.17. The molecule has 10 heavy (non-hydrogen) atoms. The van der Waals surface area contributed by atoms with Crippen molar-refractivity contribution in [3.05, 3.63) is 11.8 Å². The van der Waals surface area contributed by atoms with Crippen LogP contribution in [0.2, 0.25) is 0 Å². The Bertz CT molecular complexity index is 223. The largest absolute Gasteiger partial charge is 0.384 e. The van der Waals surface area contributed by atoms with Crippen LogP contribution in [0.4, 0.5) is 5.82 Å². The number of aliphatic hydroxyl groups is 1. The lowest BCUT2D eigenvalue weighted by molar-refractivity contribution is 0.0738. The molecule has 0 aliphatic heterocycles. The maximum Gasteiger partial charge on any atom is 0.119 e. The van der Waals surface area contributed by atoms with E-state index < -0.39 is 5.60 Å². The Hall–Kier alpha value is -1.03. The van der Waals surface area contributed by atoms with Crippen molar-refractivity contribution in [2.24, 2.45) is 0 Å². The minimum absolute atomic E-state index is 0.470. The molecule has 0 spiro atoms. The molecule has 0 bridgehead atoms. The van der Waals surface area contributed by atoms with Gasteiger partial charge in [-0.1, -0.05) is 0 Å². The van der Waals surface area contributed by atoms with Crippen LogP contribution in [0.25, 0.3) is 0 Å². The van der Waals surface area contributed by atoms with Crippen molar-refractivity contribution in [3.63, 3.8) is 0 Å². The van der Waals surface area contributed by atoms with Gasteiger partial charge in [0.05, 0.1) is 5.69 Å². The second-order valence-corrected chi connectivity index (χ2v) is 2.77. The first kappa shape index (κ1) is 7.08. The average Bonchev–Trinajstić information content (AvgIpc) is 2.11. The first-order valence-electron chi connectivity index (χ1n) is 3.04. The molecule has 56 valence electrons. The van der Waals surface area contributed by atoms with Gasteiger partial charge in [-0.2, -0.15) is 5.10 Å². The van der Waals surface area contributed by atoms with Crippen molar-refractivity contribution >= 4 is 5.82 Å². The Morgan fingerprint density at radius 3 is 2.50 bits per heavy atom. The summed E-state index contributed by atoms with van der Waals surface area (Å²) in [6, 6.07) is 1.61. The second-order valence-electron chi connectivity index (χ2n) is 2.77. The predicted molar refractivity (Wildman–Crippen MR) is 38.2 cm³/mol. The molecular formula is C6H11N3O. The van der Waals surface area contributed by atoms with Gasteiger partial charge in [0.25, 0.3) is 0 Å². The number of H-pyrrole nitrogens is 1. The van der Waals surface area contributed by atoms with Crippen LogP contribution in [-0.4, -0.2) is 15.3 Å². The van der Waals surface area contributed by atoms with Crippen LogP contribution in [0.15, 0.2) is 6.07 Å². The van der Waals surface area contributed by atoms with Crippen molar-refractivity contribution in [2.45, 2.75) is 19.4 Å². The molecule has 0 unspecified atom stereocenters. The summed E-state index contributed by atoms with van der Waals surface area (Å²) in [7, 11) is 0. The fourth-order valence-corrected chi connectivity index (χ4v) is 0.650. The zero-order chi connectivity index (χ0) is 7.78. The van der Waals surface area contributed by atoms with E-state index in [1.807, 2.05) is 0 Å². The maximum atomic E-state index is 9.36. The quantitative estimate of drug-likeness (QED) is 0.523. The van der Waals surface area contributed by atoms with Gasteiger partial charge < -0.3 is 10.8 Å². The molecule has 4 N–H and O–H groups in total. The predicted octanol–water partition coefficient (Wildman–Crippen LogP) is 0.219. The Morgan fingerprint density at radius 1 is 1.70 bits per heavy atom. The van der Waals surface area contributed by atoms with E-state index in [1.54, 1.807) is 19.9 Å². The highest BCUT2D eigenvalue weighted by atomic mass is 16.3. The molecule has 0 radical (unpaired) electrons. The highest BCUT2D eigenvalue weighted by molar-refractivity contribution is 5.30. The van der Waals surface area contributed by atoms with Crippen LogP contribution >= 0.6 is 0 Å². The standard InChI is InChI=1S/C6H11N3O/c1-6(2,10)4-3-5(7)9-8-4/h3,10H,1-2H3,(H3,7,8,9). The van der Waals surface area contributed by atoms with E-state index in [9.17, 15) is 5.11 Å². The van der Waals surface area contributed by atoms with Crippen LogP contribution in [0, 0.1) is 0 Å². The summed E-state index contributed by atoms with van der Waals surface area (Å²) in [5.41, 5.74) is 5.00. The van der Waals surface area contributed by atoms with Crippen LogP contribution in [0.5, 0.6) is 0 Å². The number of aromatic amines is 1. The van der Waals surface area contributed by atoms with Crippen molar-refractivity contribution in [1.29, 1.82) is 0 Å². The molecular weight excluding hydrogens is 130 g/mol. The van der Waals surface area contributed by atoms with Crippen molar-refractivity contribution in [3.8, 4) is 0 Å². The summed E-state index contributed by atoms with van der Waals surface area (Å²) in [5.74, 6) is 0.470. The van der Waals surface area contributed by atoms with E-state index in [0.29, 0.717) is 11.5 Å². The number of nitrogens with zero attached hydrogens (tertiary/aromatic N) is 1. The van der Waals surface area contributed by atoms with Crippen LogP contribution in [0.3, 0.4) is 0 Å². The van der Waals surface area contributed by atoms with Gasteiger partial charge >= 0.3 is 0 Å². The summed E-state index contributed by atoms with van der Waals surface area (Å²) < 4.78 is 0. The van der Waals surface area contributed by atoms with Crippen LogP contribution < -0.4 is 5.73 Å². The van der Waals surface area contributed by atoms with E-state index >= 15 is 0 Å².